The third-order valence-corrected chi connectivity index (χ3v) is 3.40. The number of hydrogen-bond donors (Lipinski definition) is 1. The van der Waals surface area contributed by atoms with Crippen molar-refractivity contribution < 1.29 is 13.0 Å². The zero-order valence-corrected chi connectivity index (χ0v) is 11.2. The van der Waals surface area contributed by atoms with E-state index in [0.717, 1.165) is 11.1 Å². The van der Waals surface area contributed by atoms with E-state index < -0.39 is 10.1 Å². The van der Waals surface area contributed by atoms with Gasteiger partial charge in [-0.05, 0) is 35.1 Å². The van der Waals surface area contributed by atoms with Crippen molar-refractivity contribution in [2.24, 2.45) is 0 Å². The second kappa shape index (κ2) is 4.63. The Morgan fingerprint density at radius 1 is 1.35 bits per heavy atom. The predicted molar refractivity (Wildman–Crippen MR) is 68.9 cm³/mol. The Labute approximate surface area is 103 Å². The topological polar surface area (TPSA) is 54.4 Å². The maximum Gasteiger partial charge on any atom is 0.294 e. The maximum atomic E-state index is 11.1. The van der Waals surface area contributed by atoms with Crippen molar-refractivity contribution in [3.8, 4) is 0 Å². The van der Waals surface area contributed by atoms with Gasteiger partial charge in [-0.2, -0.15) is 8.42 Å². The lowest BCUT2D eigenvalue weighted by molar-refractivity contribution is 0.482. The first kappa shape index (κ1) is 13.9. The molecule has 0 aliphatic heterocycles. The minimum Gasteiger partial charge on any atom is -0.282 e. The maximum absolute atomic E-state index is 11.1. The SMILES string of the molecule is C=CCc1cc(S(=O)(=O)O)ccc1C(C)(C)C. The van der Waals surface area contributed by atoms with Crippen LogP contribution < -0.4 is 0 Å². The second-order valence-corrected chi connectivity index (χ2v) is 6.46. The van der Waals surface area contributed by atoms with Crippen LogP contribution in [0.25, 0.3) is 0 Å². The molecule has 1 N–H and O–H groups in total. The molecule has 0 saturated heterocycles. The van der Waals surface area contributed by atoms with Gasteiger partial charge in [0.05, 0.1) is 4.90 Å². The van der Waals surface area contributed by atoms with E-state index in [1.54, 1.807) is 12.1 Å². The Kier molecular flexibility index (Phi) is 3.79. The number of hydrogen-bond acceptors (Lipinski definition) is 2. The summed E-state index contributed by atoms with van der Waals surface area (Å²) in [6.45, 7) is 9.83. The van der Waals surface area contributed by atoms with Crippen molar-refractivity contribution in [2.75, 3.05) is 0 Å². The zero-order valence-electron chi connectivity index (χ0n) is 10.4. The molecule has 0 spiro atoms. The van der Waals surface area contributed by atoms with Crippen LogP contribution in [0.4, 0.5) is 0 Å². The van der Waals surface area contributed by atoms with E-state index in [2.05, 4.69) is 27.4 Å². The third kappa shape index (κ3) is 3.41. The Morgan fingerprint density at radius 3 is 2.35 bits per heavy atom. The first-order valence-electron chi connectivity index (χ1n) is 5.38. The van der Waals surface area contributed by atoms with Gasteiger partial charge < -0.3 is 0 Å². The summed E-state index contributed by atoms with van der Waals surface area (Å²) in [5.41, 5.74) is 1.86. The molecule has 94 valence electrons. The van der Waals surface area contributed by atoms with Crippen LogP contribution in [0.3, 0.4) is 0 Å². The summed E-state index contributed by atoms with van der Waals surface area (Å²) >= 11 is 0. The molecular formula is C13H18O3S. The second-order valence-electron chi connectivity index (χ2n) is 5.04. The van der Waals surface area contributed by atoms with E-state index in [4.69, 9.17) is 4.55 Å². The standard InChI is InChI=1S/C13H18O3S/c1-5-6-10-9-11(17(14,15)16)7-8-12(10)13(2,3)4/h5,7-9H,1,6H2,2-4H3,(H,14,15,16). The molecule has 17 heavy (non-hydrogen) atoms. The van der Waals surface area contributed by atoms with Crippen LogP contribution in [0.5, 0.6) is 0 Å². The van der Waals surface area contributed by atoms with Crippen LogP contribution in [-0.2, 0) is 22.0 Å². The normalized spacial score (nSPS) is 12.5. The zero-order chi connectivity index (χ0) is 13.3. The van der Waals surface area contributed by atoms with Gasteiger partial charge in [0.2, 0.25) is 0 Å². The summed E-state index contributed by atoms with van der Waals surface area (Å²) in [7, 11) is -4.14. The summed E-state index contributed by atoms with van der Waals surface area (Å²) in [6.07, 6.45) is 2.30. The van der Waals surface area contributed by atoms with Gasteiger partial charge in [0.1, 0.15) is 0 Å². The summed E-state index contributed by atoms with van der Waals surface area (Å²) < 4.78 is 31.2. The molecule has 0 aliphatic rings. The Balaban J connectivity index is 3.42. The van der Waals surface area contributed by atoms with Gasteiger partial charge in [-0.15, -0.1) is 6.58 Å². The van der Waals surface area contributed by atoms with Gasteiger partial charge in [0.25, 0.3) is 10.1 Å². The van der Waals surface area contributed by atoms with Crippen molar-refractivity contribution in [3.63, 3.8) is 0 Å². The highest BCUT2D eigenvalue weighted by Gasteiger charge is 2.19. The van der Waals surface area contributed by atoms with Gasteiger partial charge in [-0.1, -0.05) is 32.9 Å². The molecule has 0 heterocycles. The molecule has 4 heteroatoms. The van der Waals surface area contributed by atoms with Gasteiger partial charge in [0, 0.05) is 0 Å². The fourth-order valence-corrected chi connectivity index (χ4v) is 2.32. The molecule has 3 nitrogen and oxygen atoms in total. The van der Waals surface area contributed by atoms with Crippen molar-refractivity contribution in [2.45, 2.75) is 37.5 Å². The number of benzene rings is 1. The fraction of sp³-hybridized carbons (Fsp3) is 0.385. The summed E-state index contributed by atoms with van der Waals surface area (Å²) in [4.78, 5) is -0.0673. The van der Waals surface area contributed by atoms with Crippen LogP contribution in [0.1, 0.15) is 31.9 Å². The molecule has 0 radical (unpaired) electrons. The monoisotopic (exact) mass is 254 g/mol. The molecule has 0 aliphatic carbocycles. The van der Waals surface area contributed by atoms with Gasteiger partial charge in [-0.25, -0.2) is 0 Å². The largest absolute Gasteiger partial charge is 0.294 e. The van der Waals surface area contributed by atoms with Crippen molar-refractivity contribution in [3.05, 3.63) is 42.0 Å². The highest BCUT2D eigenvalue weighted by atomic mass is 32.2. The van der Waals surface area contributed by atoms with Crippen molar-refractivity contribution >= 4 is 10.1 Å². The molecule has 0 saturated carbocycles. The Bertz CT molecular complexity index is 522. The summed E-state index contributed by atoms with van der Waals surface area (Å²) in [5.74, 6) is 0. The Morgan fingerprint density at radius 2 is 1.94 bits per heavy atom. The molecule has 0 fully saturated rings. The first-order chi connectivity index (χ1) is 7.66. The fourth-order valence-electron chi connectivity index (χ4n) is 1.79. The van der Waals surface area contributed by atoms with E-state index in [1.165, 1.54) is 12.1 Å². The lowest BCUT2D eigenvalue weighted by Crippen LogP contribution is -2.15. The average Bonchev–Trinajstić information content (AvgIpc) is 2.15. The summed E-state index contributed by atoms with van der Waals surface area (Å²) in [5, 5.41) is 0. The molecule has 1 rings (SSSR count). The minimum absolute atomic E-state index is 0.0673. The van der Waals surface area contributed by atoms with E-state index in [-0.39, 0.29) is 10.3 Å². The quantitative estimate of drug-likeness (QED) is 0.666. The average molecular weight is 254 g/mol. The van der Waals surface area contributed by atoms with E-state index in [9.17, 15) is 8.42 Å². The van der Waals surface area contributed by atoms with Crippen LogP contribution in [-0.4, -0.2) is 13.0 Å². The van der Waals surface area contributed by atoms with Gasteiger partial charge in [0.15, 0.2) is 0 Å². The highest BCUT2D eigenvalue weighted by molar-refractivity contribution is 7.85. The van der Waals surface area contributed by atoms with Crippen molar-refractivity contribution in [1.82, 2.24) is 0 Å². The number of allylic oxidation sites excluding steroid dienone is 1. The van der Waals surface area contributed by atoms with Gasteiger partial charge in [-0.3, -0.25) is 4.55 Å². The third-order valence-electron chi connectivity index (χ3n) is 2.55. The van der Waals surface area contributed by atoms with Crippen LogP contribution in [0.2, 0.25) is 0 Å². The smallest absolute Gasteiger partial charge is 0.282 e. The summed E-state index contributed by atoms with van der Waals surface area (Å²) in [6, 6.07) is 4.70. The molecular weight excluding hydrogens is 236 g/mol. The molecule has 0 amide bonds. The van der Waals surface area contributed by atoms with Gasteiger partial charge >= 0.3 is 0 Å². The van der Waals surface area contributed by atoms with Crippen LogP contribution in [0.15, 0.2) is 35.7 Å². The number of rotatable bonds is 3. The molecule has 0 bridgehead atoms. The van der Waals surface area contributed by atoms with E-state index in [0.29, 0.717) is 6.42 Å². The highest BCUT2D eigenvalue weighted by Crippen LogP contribution is 2.28. The molecule has 0 atom stereocenters. The van der Waals surface area contributed by atoms with Crippen LogP contribution >= 0.6 is 0 Å². The molecule has 1 aromatic carbocycles. The van der Waals surface area contributed by atoms with E-state index in [1.807, 2.05) is 0 Å². The van der Waals surface area contributed by atoms with Crippen molar-refractivity contribution in [1.29, 1.82) is 0 Å². The van der Waals surface area contributed by atoms with E-state index >= 15 is 0 Å². The van der Waals surface area contributed by atoms with Crippen LogP contribution in [0, 0.1) is 0 Å². The lowest BCUT2D eigenvalue weighted by atomic mass is 9.83. The minimum atomic E-state index is -4.14. The Hall–Kier alpha value is -1.13. The predicted octanol–water partition coefficient (Wildman–Crippen LogP) is 2.96. The first-order valence-corrected chi connectivity index (χ1v) is 6.82. The molecule has 0 aromatic heterocycles. The lowest BCUT2D eigenvalue weighted by Gasteiger charge is -2.23. The molecule has 0 unspecified atom stereocenters. The molecule has 1 aromatic rings.